The Balaban J connectivity index is 1.56. The molecule has 0 bridgehead atoms. The lowest BCUT2D eigenvalue weighted by Gasteiger charge is -2.32. The molecule has 156 valence electrons. The third kappa shape index (κ3) is 4.33. The largest absolute Gasteiger partial charge is 0.453 e. The first-order valence-electron chi connectivity index (χ1n) is 10.0. The molecule has 1 amide bonds. The minimum atomic E-state index is -0.0996. The summed E-state index contributed by atoms with van der Waals surface area (Å²) in [5.41, 5.74) is 1.78. The topological polar surface area (TPSA) is 93.4 Å². The van der Waals surface area contributed by atoms with Crippen LogP contribution in [-0.4, -0.2) is 53.0 Å². The molecule has 8 nitrogen and oxygen atoms in total. The van der Waals surface area contributed by atoms with Crippen LogP contribution in [0.1, 0.15) is 40.8 Å². The molecule has 4 rings (SSSR count). The van der Waals surface area contributed by atoms with E-state index in [4.69, 9.17) is 14.1 Å². The summed E-state index contributed by atoms with van der Waals surface area (Å²) < 4.78 is 10.7. The summed E-state index contributed by atoms with van der Waals surface area (Å²) in [7, 11) is 3.44. The number of anilines is 1. The van der Waals surface area contributed by atoms with Gasteiger partial charge in [0.1, 0.15) is 18.2 Å². The Hall–Kier alpha value is -3.26. The third-order valence-electron chi connectivity index (χ3n) is 5.21. The molecule has 4 heterocycles. The van der Waals surface area contributed by atoms with E-state index in [1.54, 1.807) is 31.6 Å². The van der Waals surface area contributed by atoms with Crippen LogP contribution in [0.4, 0.5) is 5.82 Å². The van der Waals surface area contributed by atoms with Gasteiger partial charge in [0.25, 0.3) is 5.91 Å². The van der Waals surface area contributed by atoms with E-state index in [9.17, 15) is 4.79 Å². The maximum absolute atomic E-state index is 12.9. The summed E-state index contributed by atoms with van der Waals surface area (Å²) in [5.74, 6) is 2.39. The maximum atomic E-state index is 12.9. The lowest BCUT2D eigenvalue weighted by molar-refractivity contribution is 0.0666. The van der Waals surface area contributed by atoms with Crippen molar-refractivity contribution in [1.29, 1.82) is 0 Å². The average Bonchev–Trinajstić information content (AvgIpc) is 3.28. The molecule has 0 aliphatic carbocycles. The van der Waals surface area contributed by atoms with Crippen molar-refractivity contribution in [1.82, 2.24) is 19.9 Å². The van der Waals surface area contributed by atoms with Gasteiger partial charge in [-0.1, -0.05) is 0 Å². The van der Waals surface area contributed by atoms with Gasteiger partial charge in [0.2, 0.25) is 0 Å². The number of hydrogen-bond donors (Lipinski definition) is 1. The van der Waals surface area contributed by atoms with E-state index in [1.165, 1.54) is 0 Å². The molecule has 3 aromatic heterocycles. The van der Waals surface area contributed by atoms with Crippen molar-refractivity contribution >= 4 is 11.7 Å². The fourth-order valence-electron chi connectivity index (χ4n) is 3.70. The van der Waals surface area contributed by atoms with Gasteiger partial charge >= 0.3 is 0 Å². The van der Waals surface area contributed by atoms with Crippen LogP contribution in [0.3, 0.4) is 0 Å². The molecule has 0 unspecified atom stereocenters. The maximum Gasteiger partial charge on any atom is 0.289 e. The Morgan fingerprint density at radius 1 is 1.33 bits per heavy atom. The first-order valence-corrected chi connectivity index (χ1v) is 10.0. The van der Waals surface area contributed by atoms with Gasteiger partial charge in [-0.05, 0) is 37.1 Å². The Morgan fingerprint density at radius 2 is 2.23 bits per heavy atom. The molecule has 0 saturated carbocycles. The number of methoxy groups -OCH3 is 1. The molecular weight excluding hydrogens is 382 g/mol. The van der Waals surface area contributed by atoms with Crippen LogP contribution in [0.25, 0.3) is 11.4 Å². The van der Waals surface area contributed by atoms with Gasteiger partial charge in [-0.2, -0.15) is 0 Å². The van der Waals surface area contributed by atoms with Gasteiger partial charge in [-0.15, -0.1) is 0 Å². The van der Waals surface area contributed by atoms with Crippen LogP contribution in [0.2, 0.25) is 0 Å². The number of nitrogens with zero attached hydrogens (tertiary/aromatic N) is 4. The Kier molecular flexibility index (Phi) is 6.04. The van der Waals surface area contributed by atoms with E-state index in [1.807, 2.05) is 30.1 Å². The van der Waals surface area contributed by atoms with Crippen LogP contribution in [0, 0.1) is 0 Å². The summed E-state index contributed by atoms with van der Waals surface area (Å²) in [6, 6.07) is 9.26. The Bertz CT molecular complexity index is 1010. The molecule has 8 heteroatoms. The summed E-state index contributed by atoms with van der Waals surface area (Å²) in [5, 5.41) is 3.11. The van der Waals surface area contributed by atoms with E-state index in [0.29, 0.717) is 37.0 Å². The van der Waals surface area contributed by atoms with Crippen molar-refractivity contribution in [2.45, 2.75) is 25.4 Å². The number of aromatic nitrogens is 3. The van der Waals surface area contributed by atoms with Gasteiger partial charge in [0.15, 0.2) is 11.6 Å². The van der Waals surface area contributed by atoms with Gasteiger partial charge < -0.3 is 19.4 Å². The minimum Gasteiger partial charge on any atom is -0.453 e. The van der Waals surface area contributed by atoms with Crippen LogP contribution >= 0.6 is 0 Å². The SMILES string of the molecule is CNc1cc([C@@H]2CCCN(C(=O)c3ccc(COC)o3)C2)nc(-c2cccnc2)n1. The molecule has 1 aliphatic heterocycles. The van der Waals surface area contributed by atoms with Gasteiger partial charge in [0, 0.05) is 57.2 Å². The number of piperidine rings is 1. The normalized spacial score (nSPS) is 16.5. The van der Waals surface area contributed by atoms with Gasteiger partial charge in [0.05, 0.1) is 5.69 Å². The zero-order valence-electron chi connectivity index (χ0n) is 17.2. The predicted molar refractivity (Wildman–Crippen MR) is 112 cm³/mol. The zero-order valence-corrected chi connectivity index (χ0v) is 17.2. The highest BCUT2D eigenvalue weighted by molar-refractivity contribution is 5.91. The number of carbonyl (C=O) groups is 1. The lowest BCUT2D eigenvalue weighted by Crippen LogP contribution is -2.39. The smallest absolute Gasteiger partial charge is 0.289 e. The lowest BCUT2D eigenvalue weighted by atomic mass is 9.94. The number of amides is 1. The number of furan rings is 1. The number of ether oxygens (including phenoxy) is 1. The van der Waals surface area contributed by atoms with E-state index < -0.39 is 0 Å². The molecule has 1 fully saturated rings. The fraction of sp³-hybridized carbons (Fsp3) is 0.364. The van der Waals surface area contributed by atoms with Gasteiger partial charge in [-0.25, -0.2) is 9.97 Å². The highest BCUT2D eigenvalue weighted by Gasteiger charge is 2.28. The molecule has 1 atom stereocenters. The zero-order chi connectivity index (χ0) is 20.9. The predicted octanol–water partition coefficient (Wildman–Crippen LogP) is 3.34. The Morgan fingerprint density at radius 3 is 3.00 bits per heavy atom. The number of pyridine rings is 1. The number of carbonyl (C=O) groups excluding carboxylic acids is 1. The number of hydrogen-bond acceptors (Lipinski definition) is 7. The van der Waals surface area contributed by atoms with Crippen molar-refractivity contribution in [3.63, 3.8) is 0 Å². The van der Waals surface area contributed by atoms with Crippen LogP contribution in [-0.2, 0) is 11.3 Å². The second kappa shape index (κ2) is 9.04. The molecule has 3 aromatic rings. The molecule has 30 heavy (non-hydrogen) atoms. The molecule has 1 N–H and O–H groups in total. The summed E-state index contributed by atoms with van der Waals surface area (Å²) in [6.07, 6.45) is 5.35. The molecule has 0 spiro atoms. The van der Waals surface area contributed by atoms with Crippen LogP contribution in [0.15, 0.2) is 47.1 Å². The second-order valence-corrected chi connectivity index (χ2v) is 7.28. The van der Waals surface area contributed by atoms with E-state index >= 15 is 0 Å². The first-order chi connectivity index (χ1) is 14.7. The monoisotopic (exact) mass is 407 g/mol. The van der Waals surface area contributed by atoms with Crippen LogP contribution in [0.5, 0.6) is 0 Å². The van der Waals surface area contributed by atoms with Crippen molar-refractivity contribution in [3.05, 3.63) is 59.9 Å². The van der Waals surface area contributed by atoms with Crippen LogP contribution < -0.4 is 5.32 Å². The van der Waals surface area contributed by atoms with E-state index in [-0.39, 0.29) is 11.8 Å². The summed E-state index contributed by atoms with van der Waals surface area (Å²) >= 11 is 0. The summed E-state index contributed by atoms with van der Waals surface area (Å²) in [4.78, 5) is 28.3. The van der Waals surface area contributed by atoms with Crippen molar-refractivity contribution < 1.29 is 13.9 Å². The molecule has 1 saturated heterocycles. The highest BCUT2D eigenvalue weighted by Crippen LogP contribution is 2.29. The van der Waals surface area contributed by atoms with Crippen molar-refractivity contribution in [2.75, 3.05) is 32.6 Å². The van der Waals surface area contributed by atoms with Crippen molar-refractivity contribution in [2.24, 2.45) is 0 Å². The standard InChI is InChI=1S/C22H25N5O3/c1-23-20-11-18(25-21(26-20)15-5-3-9-24-12-15)16-6-4-10-27(13-16)22(28)19-8-7-17(30-19)14-29-2/h3,5,7-9,11-12,16H,4,6,10,13-14H2,1-2H3,(H,23,25,26)/t16-/m1/s1. The minimum absolute atomic E-state index is 0.0996. The first kappa shape index (κ1) is 20.0. The Labute approximate surface area is 175 Å². The second-order valence-electron chi connectivity index (χ2n) is 7.28. The average molecular weight is 407 g/mol. The highest BCUT2D eigenvalue weighted by atomic mass is 16.5. The van der Waals surface area contributed by atoms with E-state index in [0.717, 1.165) is 29.9 Å². The van der Waals surface area contributed by atoms with Crippen molar-refractivity contribution in [3.8, 4) is 11.4 Å². The van der Waals surface area contributed by atoms with E-state index in [2.05, 4.69) is 15.3 Å². The van der Waals surface area contributed by atoms with Gasteiger partial charge in [-0.3, -0.25) is 9.78 Å². The summed E-state index contributed by atoms with van der Waals surface area (Å²) in [6.45, 7) is 1.64. The number of rotatable bonds is 6. The number of nitrogens with one attached hydrogen (secondary N) is 1. The molecule has 0 aromatic carbocycles. The fourth-order valence-corrected chi connectivity index (χ4v) is 3.70. The molecule has 0 radical (unpaired) electrons. The molecular formula is C22H25N5O3. The molecule has 1 aliphatic rings. The number of likely N-dealkylation sites (tertiary alicyclic amines) is 1. The third-order valence-corrected chi connectivity index (χ3v) is 5.21. The quantitative estimate of drug-likeness (QED) is 0.670.